The van der Waals surface area contributed by atoms with E-state index in [4.69, 9.17) is 5.11 Å². The van der Waals surface area contributed by atoms with Gasteiger partial charge in [-0.1, -0.05) is 13.3 Å². The molecule has 0 spiro atoms. The topological polar surface area (TPSA) is 45.1 Å². The third kappa shape index (κ3) is 2.69. The van der Waals surface area contributed by atoms with Gasteiger partial charge in [0.15, 0.2) is 0 Å². The first-order valence-electron chi connectivity index (χ1n) is 5.53. The largest absolute Gasteiger partial charge is 0.506 e. The van der Waals surface area contributed by atoms with Crippen LogP contribution in [-0.4, -0.2) is 16.6 Å². The van der Waals surface area contributed by atoms with Gasteiger partial charge in [-0.05, 0) is 30.4 Å². The van der Waals surface area contributed by atoms with Crippen LogP contribution in [0.5, 0.6) is 5.75 Å². The lowest BCUT2D eigenvalue weighted by atomic mass is 9.70. The van der Waals surface area contributed by atoms with Crippen LogP contribution in [-0.2, 0) is 6.54 Å². The summed E-state index contributed by atoms with van der Waals surface area (Å²) in [6, 6.07) is 3.53. The summed E-state index contributed by atoms with van der Waals surface area (Å²) in [4.78, 5) is 4.13. The molecule has 1 aliphatic rings. The van der Waals surface area contributed by atoms with Gasteiger partial charge in [0.05, 0.1) is 11.9 Å². The second-order valence-electron chi connectivity index (χ2n) is 4.78. The normalized spacial score (nSPS) is 18.5. The van der Waals surface area contributed by atoms with Gasteiger partial charge in [-0.25, -0.2) is 0 Å². The third-order valence-electron chi connectivity index (χ3n) is 3.23. The summed E-state index contributed by atoms with van der Waals surface area (Å²) in [7, 11) is 0. The predicted octanol–water partition coefficient (Wildman–Crippen LogP) is 2.07. The maximum atomic E-state index is 9.08. The molecular formula is C12H18N2O. The number of hydrogen-bond donors (Lipinski definition) is 2. The molecule has 15 heavy (non-hydrogen) atoms. The van der Waals surface area contributed by atoms with Gasteiger partial charge in [-0.2, -0.15) is 0 Å². The summed E-state index contributed by atoms with van der Waals surface area (Å²) in [6.07, 6.45) is 5.53. The molecule has 0 aromatic carbocycles. The summed E-state index contributed by atoms with van der Waals surface area (Å²) in [5.74, 6) is 0.227. The van der Waals surface area contributed by atoms with Crippen LogP contribution >= 0.6 is 0 Å². The monoisotopic (exact) mass is 206 g/mol. The first-order chi connectivity index (χ1) is 7.18. The van der Waals surface area contributed by atoms with Crippen LogP contribution in [0.15, 0.2) is 18.3 Å². The lowest BCUT2D eigenvalue weighted by Crippen LogP contribution is -2.37. The highest BCUT2D eigenvalue weighted by Gasteiger charge is 2.30. The molecule has 0 aliphatic heterocycles. The van der Waals surface area contributed by atoms with Crippen molar-refractivity contribution in [3.05, 3.63) is 24.0 Å². The molecule has 0 radical (unpaired) electrons. The highest BCUT2D eigenvalue weighted by Crippen LogP contribution is 2.39. The zero-order valence-corrected chi connectivity index (χ0v) is 9.16. The van der Waals surface area contributed by atoms with Crippen molar-refractivity contribution >= 4 is 0 Å². The Morgan fingerprint density at radius 2 is 2.27 bits per heavy atom. The van der Waals surface area contributed by atoms with Gasteiger partial charge in [0.1, 0.15) is 5.75 Å². The minimum atomic E-state index is 0.227. The molecule has 1 saturated carbocycles. The molecule has 1 aromatic heterocycles. The van der Waals surface area contributed by atoms with Crippen molar-refractivity contribution in [2.75, 3.05) is 6.54 Å². The van der Waals surface area contributed by atoms with E-state index in [-0.39, 0.29) is 5.75 Å². The van der Waals surface area contributed by atoms with E-state index in [1.54, 1.807) is 6.07 Å². The molecule has 2 rings (SSSR count). The fourth-order valence-corrected chi connectivity index (χ4v) is 1.97. The van der Waals surface area contributed by atoms with Crippen LogP contribution in [0.3, 0.4) is 0 Å². The van der Waals surface area contributed by atoms with E-state index >= 15 is 0 Å². The Labute approximate surface area is 90.5 Å². The first-order valence-corrected chi connectivity index (χ1v) is 5.53. The lowest BCUT2D eigenvalue weighted by Gasteiger charge is -2.38. The summed E-state index contributed by atoms with van der Waals surface area (Å²) in [5.41, 5.74) is 1.49. The molecular weight excluding hydrogens is 188 g/mol. The van der Waals surface area contributed by atoms with Gasteiger partial charge < -0.3 is 10.4 Å². The number of aromatic hydroxyl groups is 1. The van der Waals surface area contributed by atoms with Crippen molar-refractivity contribution < 1.29 is 5.11 Å². The van der Waals surface area contributed by atoms with Gasteiger partial charge in [-0.15, -0.1) is 0 Å². The molecule has 1 aliphatic carbocycles. The van der Waals surface area contributed by atoms with E-state index in [9.17, 15) is 0 Å². The maximum absolute atomic E-state index is 9.08. The fraction of sp³-hybridized carbons (Fsp3) is 0.583. The SMILES string of the molecule is CC1(CNCc2ccc(O)cn2)CCC1. The Bertz CT molecular complexity index is 317. The van der Waals surface area contributed by atoms with Crippen molar-refractivity contribution in [1.29, 1.82) is 0 Å². The molecule has 1 aromatic rings. The molecule has 3 heteroatoms. The Hall–Kier alpha value is -1.09. The predicted molar refractivity (Wildman–Crippen MR) is 59.6 cm³/mol. The number of pyridine rings is 1. The Morgan fingerprint density at radius 3 is 2.80 bits per heavy atom. The summed E-state index contributed by atoms with van der Waals surface area (Å²) >= 11 is 0. The number of nitrogens with one attached hydrogen (secondary N) is 1. The molecule has 0 amide bonds. The van der Waals surface area contributed by atoms with Crippen molar-refractivity contribution in [3.63, 3.8) is 0 Å². The van der Waals surface area contributed by atoms with Gasteiger partial charge in [-0.3, -0.25) is 4.98 Å². The van der Waals surface area contributed by atoms with Crippen molar-refractivity contribution in [1.82, 2.24) is 10.3 Å². The number of hydrogen-bond acceptors (Lipinski definition) is 3. The van der Waals surface area contributed by atoms with Crippen LogP contribution in [0.4, 0.5) is 0 Å². The molecule has 0 saturated heterocycles. The minimum absolute atomic E-state index is 0.227. The van der Waals surface area contributed by atoms with Crippen molar-refractivity contribution in [2.45, 2.75) is 32.7 Å². The van der Waals surface area contributed by atoms with E-state index in [1.165, 1.54) is 25.5 Å². The standard InChI is InChI=1S/C12H18N2O/c1-12(5-2-6-12)9-13-7-10-3-4-11(15)8-14-10/h3-4,8,13,15H,2,5-7,9H2,1H3. The summed E-state index contributed by atoms with van der Waals surface area (Å²) in [6.45, 7) is 4.18. The highest BCUT2D eigenvalue weighted by atomic mass is 16.3. The molecule has 1 heterocycles. The first kappa shape index (κ1) is 10.4. The quantitative estimate of drug-likeness (QED) is 0.792. The lowest BCUT2D eigenvalue weighted by molar-refractivity contribution is 0.156. The smallest absolute Gasteiger partial charge is 0.133 e. The van der Waals surface area contributed by atoms with Crippen LogP contribution in [0.1, 0.15) is 31.9 Å². The van der Waals surface area contributed by atoms with Crippen molar-refractivity contribution in [2.24, 2.45) is 5.41 Å². The average molecular weight is 206 g/mol. The zero-order valence-electron chi connectivity index (χ0n) is 9.16. The average Bonchev–Trinajstić information content (AvgIpc) is 2.19. The van der Waals surface area contributed by atoms with Crippen molar-refractivity contribution in [3.8, 4) is 5.75 Å². The molecule has 3 nitrogen and oxygen atoms in total. The minimum Gasteiger partial charge on any atom is -0.506 e. The van der Waals surface area contributed by atoms with E-state index in [2.05, 4.69) is 17.2 Å². The van der Waals surface area contributed by atoms with Crippen LogP contribution in [0.25, 0.3) is 0 Å². The van der Waals surface area contributed by atoms with Gasteiger partial charge >= 0.3 is 0 Å². The second-order valence-corrected chi connectivity index (χ2v) is 4.78. The Morgan fingerprint density at radius 1 is 1.47 bits per heavy atom. The van der Waals surface area contributed by atoms with Gasteiger partial charge in [0, 0.05) is 13.1 Å². The van der Waals surface area contributed by atoms with Gasteiger partial charge in [0.2, 0.25) is 0 Å². The van der Waals surface area contributed by atoms with Crippen LogP contribution < -0.4 is 5.32 Å². The molecule has 82 valence electrons. The Balaban J connectivity index is 1.76. The Kier molecular flexibility index (Phi) is 2.91. The number of nitrogens with zero attached hydrogens (tertiary/aromatic N) is 1. The highest BCUT2D eigenvalue weighted by molar-refractivity contribution is 5.17. The van der Waals surface area contributed by atoms with E-state index < -0.39 is 0 Å². The zero-order chi connectivity index (χ0) is 10.7. The van der Waals surface area contributed by atoms with Crippen LogP contribution in [0, 0.1) is 5.41 Å². The van der Waals surface area contributed by atoms with E-state index in [0.717, 1.165) is 18.8 Å². The molecule has 0 atom stereocenters. The molecule has 2 N–H and O–H groups in total. The summed E-state index contributed by atoms with van der Waals surface area (Å²) in [5, 5.41) is 12.5. The van der Waals surface area contributed by atoms with E-state index in [0.29, 0.717) is 5.41 Å². The maximum Gasteiger partial charge on any atom is 0.133 e. The molecule has 0 bridgehead atoms. The number of rotatable bonds is 4. The van der Waals surface area contributed by atoms with Gasteiger partial charge in [0.25, 0.3) is 0 Å². The number of aromatic nitrogens is 1. The molecule has 0 unspecified atom stereocenters. The van der Waals surface area contributed by atoms with E-state index in [1.807, 2.05) is 6.07 Å². The molecule has 1 fully saturated rings. The second kappa shape index (κ2) is 4.19. The summed E-state index contributed by atoms with van der Waals surface area (Å²) < 4.78 is 0. The van der Waals surface area contributed by atoms with Crippen LogP contribution in [0.2, 0.25) is 0 Å². The fourth-order valence-electron chi connectivity index (χ4n) is 1.97. The third-order valence-corrected chi connectivity index (χ3v) is 3.23.